The van der Waals surface area contributed by atoms with Crippen molar-refractivity contribution >= 4 is 15.9 Å². The Bertz CT molecular complexity index is 800. The zero-order chi connectivity index (χ0) is 19.0. The van der Waals surface area contributed by atoms with Crippen molar-refractivity contribution in [3.05, 3.63) is 59.9 Å². The Morgan fingerprint density at radius 2 is 1.58 bits per heavy atom. The minimum absolute atomic E-state index is 0.0672. The minimum atomic E-state index is -3.64. The number of carbonyl (C=O) groups excluding carboxylic acids is 1. The standard InChI is InChI=1S/C19H25N3O3S/c1-3-13-22(14-4-2)19(23)17-5-7-18(8-6-17)26(24,25)21-15-16-9-11-20-12-10-16/h5-12,21H,3-4,13-15H2,1-2H3. The molecular formula is C19H25N3O3S. The first-order valence-corrected chi connectivity index (χ1v) is 10.2. The second-order valence-electron chi connectivity index (χ2n) is 6.00. The lowest BCUT2D eigenvalue weighted by atomic mass is 10.2. The highest BCUT2D eigenvalue weighted by atomic mass is 32.2. The number of sulfonamides is 1. The summed E-state index contributed by atoms with van der Waals surface area (Å²) in [6.07, 6.45) is 5.00. The molecule has 7 heteroatoms. The Morgan fingerprint density at radius 1 is 1.00 bits per heavy atom. The van der Waals surface area contributed by atoms with E-state index < -0.39 is 10.0 Å². The maximum Gasteiger partial charge on any atom is 0.253 e. The third-order valence-corrected chi connectivity index (χ3v) is 5.32. The molecule has 0 spiro atoms. The van der Waals surface area contributed by atoms with Crippen LogP contribution in [0.2, 0.25) is 0 Å². The molecule has 0 saturated carbocycles. The second-order valence-corrected chi connectivity index (χ2v) is 7.76. The molecule has 2 aromatic rings. The zero-order valence-electron chi connectivity index (χ0n) is 15.2. The summed E-state index contributed by atoms with van der Waals surface area (Å²) in [6.45, 7) is 5.63. The molecule has 6 nitrogen and oxygen atoms in total. The van der Waals surface area contributed by atoms with Gasteiger partial charge in [-0.05, 0) is 54.8 Å². The van der Waals surface area contributed by atoms with Crippen LogP contribution in [-0.4, -0.2) is 37.3 Å². The van der Waals surface area contributed by atoms with Crippen LogP contribution in [-0.2, 0) is 16.6 Å². The summed E-state index contributed by atoms with van der Waals surface area (Å²) < 4.78 is 27.4. The van der Waals surface area contributed by atoms with Gasteiger partial charge in [0.25, 0.3) is 5.91 Å². The van der Waals surface area contributed by atoms with E-state index in [1.54, 1.807) is 41.6 Å². The number of pyridine rings is 1. The smallest absolute Gasteiger partial charge is 0.253 e. The van der Waals surface area contributed by atoms with Crippen molar-refractivity contribution in [2.75, 3.05) is 13.1 Å². The molecule has 1 aromatic carbocycles. The zero-order valence-corrected chi connectivity index (χ0v) is 16.0. The number of aromatic nitrogens is 1. The Morgan fingerprint density at radius 3 is 2.12 bits per heavy atom. The molecule has 0 atom stereocenters. The third-order valence-electron chi connectivity index (χ3n) is 3.90. The Hall–Kier alpha value is -2.25. The average molecular weight is 375 g/mol. The van der Waals surface area contributed by atoms with Crippen molar-refractivity contribution in [1.29, 1.82) is 0 Å². The van der Waals surface area contributed by atoms with Crippen LogP contribution in [0.5, 0.6) is 0 Å². The largest absolute Gasteiger partial charge is 0.339 e. The van der Waals surface area contributed by atoms with Crippen molar-refractivity contribution in [3.63, 3.8) is 0 Å². The van der Waals surface area contributed by atoms with E-state index in [2.05, 4.69) is 9.71 Å². The topological polar surface area (TPSA) is 79.4 Å². The molecule has 0 aliphatic carbocycles. The van der Waals surface area contributed by atoms with Crippen LogP contribution < -0.4 is 4.72 Å². The fourth-order valence-corrected chi connectivity index (χ4v) is 3.59. The van der Waals surface area contributed by atoms with Gasteiger partial charge in [0.1, 0.15) is 0 Å². The van der Waals surface area contributed by atoms with Crippen LogP contribution in [0.25, 0.3) is 0 Å². The van der Waals surface area contributed by atoms with E-state index in [9.17, 15) is 13.2 Å². The molecule has 0 saturated heterocycles. The number of benzene rings is 1. The van der Waals surface area contributed by atoms with E-state index in [1.165, 1.54) is 12.1 Å². The van der Waals surface area contributed by atoms with Crippen LogP contribution in [0.1, 0.15) is 42.6 Å². The second kappa shape index (κ2) is 9.45. The fraction of sp³-hybridized carbons (Fsp3) is 0.368. The summed E-state index contributed by atoms with van der Waals surface area (Å²) in [5, 5.41) is 0. The fourth-order valence-electron chi connectivity index (χ4n) is 2.58. The Kier molecular flexibility index (Phi) is 7.29. The van der Waals surface area contributed by atoms with Crippen LogP contribution in [0, 0.1) is 0 Å². The third kappa shape index (κ3) is 5.37. The molecule has 2 rings (SSSR count). The number of amides is 1. The van der Waals surface area contributed by atoms with Gasteiger partial charge in [-0.1, -0.05) is 13.8 Å². The van der Waals surface area contributed by atoms with Gasteiger partial charge in [0.2, 0.25) is 10.0 Å². The lowest BCUT2D eigenvalue weighted by molar-refractivity contribution is 0.0755. The molecule has 0 bridgehead atoms. The molecule has 0 fully saturated rings. The lowest BCUT2D eigenvalue weighted by Gasteiger charge is -2.21. The van der Waals surface area contributed by atoms with Gasteiger partial charge in [-0.2, -0.15) is 0 Å². The molecule has 1 heterocycles. The molecule has 1 N–H and O–H groups in total. The summed E-state index contributed by atoms with van der Waals surface area (Å²) in [5.74, 6) is -0.0672. The summed E-state index contributed by atoms with van der Waals surface area (Å²) in [7, 11) is -3.64. The van der Waals surface area contributed by atoms with Gasteiger partial charge >= 0.3 is 0 Å². The summed E-state index contributed by atoms with van der Waals surface area (Å²) >= 11 is 0. The van der Waals surface area contributed by atoms with Gasteiger partial charge in [0.05, 0.1) is 4.90 Å². The summed E-state index contributed by atoms with van der Waals surface area (Å²) in [4.78, 5) is 18.4. The van der Waals surface area contributed by atoms with Gasteiger partial charge in [0, 0.05) is 37.6 Å². The molecule has 26 heavy (non-hydrogen) atoms. The van der Waals surface area contributed by atoms with Gasteiger partial charge in [-0.3, -0.25) is 9.78 Å². The van der Waals surface area contributed by atoms with Crippen LogP contribution >= 0.6 is 0 Å². The van der Waals surface area contributed by atoms with Crippen LogP contribution in [0.3, 0.4) is 0 Å². The Labute approximate surface area is 155 Å². The molecule has 1 aromatic heterocycles. The van der Waals surface area contributed by atoms with Crippen molar-refractivity contribution in [1.82, 2.24) is 14.6 Å². The predicted molar refractivity (Wildman–Crippen MR) is 101 cm³/mol. The number of hydrogen-bond acceptors (Lipinski definition) is 4. The lowest BCUT2D eigenvalue weighted by Crippen LogP contribution is -2.32. The monoisotopic (exact) mass is 375 g/mol. The SMILES string of the molecule is CCCN(CCC)C(=O)c1ccc(S(=O)(=O)NCc2ccncc2)cc1. The first-order chi connectivity index (χ1) is 12.5. The van der Waals surface area contributed by atoms with E-state index >= 15 is 0 Å². The van der Waals surface area contributed by atoms with Gasteiger partial charge < -0.3 is 4.90 Å². The molecule has 0 aliphatic rings. The number of hydrogen-bond donors (Lipinski definition) is 1. The van der Waals surface area contributed by atoms with E-state index in [1.807, 2.05) is 13.8 Å². The van der Waals surface area contributed by atoms with E-state index in [4.69, 9.17) is 0 Å². The van der Waals surface area contributed by atoms with Crippen molar-refractivity contribution in [3.8, 4) is 0 Å². The van der Waals surface area contributed by atoms with Gasteiger partial charge in [-0.25, -0.2) is 13.1 Å². The van der Waals surface area contributed by atoms with Gasteiger partial charge in [0.15, 0.2) is 0 Å². The van der Waals surface area contributed by atoms with Crippen molar-refractivity contribution in [2.24, 2.45) is 0 Å². The van der Waals surface area contributed by atoms with E-state index in [0.717, 1.165) is 18.4 Å². The first-order valence-electron chi connectivity index (χ1n) is 8.75. The number of rotatable bonds is 9. The van der Waals surface area contributed by atoms with Crippen LogP contribution in [0.4, 0.5) is 0 Å². The molecule has 0 unspecified atom stereocenters. The molecular weight excluding hydrogens is 350 g/mol. The van der Waals surface area contributed by atoms with E-state index in [-0.39, 0.29) is 17.3 Å². The maximum absolute atomic E-state index is 12.6. The molecule has 140 valence electrons. The van der Waals surface area contributed by atoms with Crippen molar-refractivity contribution < 1.29 is 13.2 Å². The van der Waals surface area contributed by atoms with Crippen molar-refractivity contribution in [2.45, 2.75) is 38.1 Å². The number of nitrogens with one attached hydrogen (secondary N) is 1. The predicted octanol–water partition coefficient (Wildman–Crippen LogP) is 2.82. The summed E-state index contributed by atoms with van der Waals surface area (Å²) in [6, 6.07) is 9.58. The van der Waals surface area contributed by atoms with Gasteiger partial charge in [-0.15, -0.1) is 0 Å². The highest BCUT2D eigenvalue weighted by Gasteiger charge is 2.17. The minimum Gasteiger partial charge on any atom is -0.339 e. The molecule has 0 aliphatic heterocycles. The number of carbonyl (C=O) groups is 1. The summed E-state index contributed by atoms with van der Waals surface area (Å²) in [5.41, 5.74) is 1.32. The Balaban J connectivity index is 2.08. The average Bonchev–Trinajstić information content (AvgIpc) is 2.67. The normalized spacial score (nSPS) is 11.3. The van der Waals surface area contributed by atoms with E-state index in [0.29, 0.717) is 18.7 Å². The first kappa shape index (κ1) is 20.1. The van der Waals surface area contributed by atoms with Crippen LogP contribution in [0.15, 0.2) is 53.7 Å². The highest BCUT2D eigenvalue weighted by molar-refractivity contribution is 7.89. The highest BCUT2D eigenvalue weighted by Crippen LogP contribution is 2.13. The quantitative estimate of drug-likeness (QED) is 0.731. The molecule has 0 radical (unpaired) electrons. The molecule has 1 amide bonds. The maximum atomic E-state index is 12.6. The number of nitrogens with zero attached hydrogens (tertiary/aromatic N) is 2.